The van der Waals surface area contributed by atoms with Crippen molar-refractivity contribution in [1.29, 1.82) is 0 Å². The van der Waals surface area contributed by atoms with E-state index in [0.29, 0.717) is 19.8 Å². The maximum Gasteiger partial charge on any atom is 0.245 e. The fourth-order valence-corrected chi connectivity index (χ4v) is 2.70. The molecule has 0 spiro atoms. The zero-order chi connectivity index (χ0) is 14.6. The number of aliphatic hydroxyl groups excluding tert-OH is 1. The van der Waals surface area contributed by atoms with Gasteiger partial charge in [0, 0.05) is 44.6 Å². The van der Waals surface area contributed by atoms with E-state index in [0.717, 1.165) is 12.8 Å². The lowest BCUT2D eigenvalue weighted by atomic mass is 9.80. The predicted octanol–water partition coefficient (Wildman–Crippen LogP) is 0.692. The van der Waals surface area contributed by atoms with Crippen LogP contribution in [0.5, 0.6) is 0 Å². The lowest BCUT2D eigenvalue weighted by Gasteiger charge is -2.39. The van der Waals surface area contributed by atoms with E-state index >= 15 is 0 Å². The molecule has 2 rings (SSSR count). The smallest absolute Gasteiger partial charge is 0.245 e. The highest BCUT2D eigenvalue weighted by atomic mass is 16.5. The molecule has 1 saturated heterocycles. The molecule has 1 aliphatic heterocycles. The zero-order valence-corrected chi connectivity index (χ0v) is 12.2. The Kier molecular flexibility index (Phi) is 4.77. The van der Waals surface area contributed by atoms with E-state index in [1.54, 1.807) is 35.2 Å². The molecule has 6 nitrogen and oxygen atoms in total. The van der Waals surface area contributed by atoms with Gasteiger partial charge in [-0.25, -0.2) is 4.98 Å². The average Bonchev–Trinajstić information content (AvgIpc) is 3.00. The number of hydrogen-bond donors (Lipinski definition) is 1. The number of ether oxygens (including phenoxy) is 1. The number of imidazole rings is 1. The molecule has 1 aromatic rings. The summed E-state index contributed by atoms with van der Waals surface area (Å²) in [6.07, 6.45) is 6.68. The lowest BCUT2D eigenvalue weighted by Crippen LogP contribution is -2.46. The fraction of sp³-hybridized carbons (Fsp3) is 0.714. The summed E-state index contributed by atoms with van der Waals surface area (Å²) < 4.78 is 7.13. The molecule has 0 aromatic carbocycles. The fourth-order valence-electron chi connectivity index (χ4n) is 2.70. The Morgan fingerprint density at radius 2 is 2.25 bits per heavy atom. The lowest BCUT2D eigenvalue weighted by molar-refractivity contribution is -0.136. The Morgan fingerprint density at radius 1 is 1.55 bits per heavy atom. The van der Waals surface area contributed by atoms with Crippen LogP contribution in [-0.4, -0.2) is 58.9 Å². The summed E-state index contributed by atoms with van der Waals surface area (Å²) in [6.45, 7) is 3.81. The molecule has 0 aliphatic carbocycles. The number of aliphatic hydroxyl groups is 1. The van der Waals surface area contributed by atoms with E-state index in [2.05, 4.69) is 4.98 Å². The maximum absolute atomic E-state index is 12.4. The minimum Gasteiger partial charge on any atom is -0.396 e. The van der Waals surface area contributed by atoms with Crippen LogP contribution in [0.4, 0.5) is 0 Å². The van der Waals surface area contributed by atoms with Crippen LogP contribution in [0.3, 0.4) is 0 Å². The molecule has 2 heterocycles. The first-order chi connectivity index (χ1) is 9.58. The molecule has 0 bridgehead atoms. The molecular weight excluding hydrogens is 258 g/mol. The number of carbonyl (C=O) groups is 1. The van der Waals surface area contributed by atoms with E-state index in [4.69, 9.17) is 4.74 Å². The minimum absolute atomic E-state index is 0.0299. The first kappa shape index (κ1) is 15.0. The van der Waals surface area contributed by atoms with Crippen LogP contribution in [0.2, 0.25) is 0 Å². The third-order valence-corrected chi connectivity index (χ3v) is 4.17. The molecule has 1 amide bonds. The number of carbonyl (C=O) groups excluding carboxylic acids is 1. The van der Waals surface area contributed by atoms with Crippen LogP contribution < -0.4 is 0 Å². The van der Waals surface area contributed by atoms with Crippen molar-refractivity contribution in [3.63, 3.8) is 0 Å². The second-order valence-corrected chi connectivity index (χ2v) is 5.65. The Bertz CT molecular complexity index is 427. The first-order valence-corrected chi connectivity index (χ1v) is 6.99. The SMILES string of the molecule is CC(C(=O)N(C)CC1(CO)CCOCC1)n1ccnc1. The van der Waals surface area contributed by atoms with Crippen LogP contribution >= 0.6 is 0 Å². The summed E-state index contributed by atoms with van der Waals surface area (Å²) >= 11 is 0. The first-order valence-electron chi connectivity index (χ1n) is 6.99. The molecule has 0 radical (unpaired) electrons. The molecule has 1 aliphatic rings. The number of hydrogen-bond acceptors (Lipinski definition) is 4. The number of rotatable bonds is 5. The second kappa shape index (κ2) is 6.37. The minimum atomic E-state index is -0.280. The number of aromatic nitrogens is 2. The van der Waals surface area contributed by atoms with Gasteiger partial charge in [-0.05, 0) is 19.8 Å². The standard InChI is InChI=1S/C14H23N3O3/c1-12(17-6-5-15-11-17)13(19)16(2)9-14(10-18)3-7-20-8-4-14/h5-6,11-12,18H,3-4,7-10H2,1-2H3. The quantitative estimate of drug-likeness (QED) is 0.862. The Balaban J connectivity index is 1.99. The maximum atomic E-state index is 12.4. The molecule has 6 heteroatoms. The van der Waals surface area contributed by atoms with E-state index in [1.807, 2.05) is 6.92 Å². The number of likely N-dealkylation sites (N-methyl/N-ethyl adjacent to an activating group) is 1. The summed E-state index contributed by atoms with van der Waals surface area (Å²) in [5.41, 5.74) is -0.225. The summed E-state index contributed by atoms with van der Waals surface area (Å²) in [5.74, 6) is 0.0299. The predicted molar refractivity (Wildman–Crippen MR) is 74.1 cm³/mol. The average molecular weight is 281 g/mol. The van der Waals surface area contributed by atoms with Crippen molar-refractivity contribution in [1.82, 2.24) is 14.5 Å². The van der Waals surface area contributed by atoms with Gasteiger partial charge in [-0.3, -0.25) is 4.79 Å². The molecule has 1 fully saturated rings. The van der Waals surface area contributed by atoms with Crippen molar-refractivity contribution < 1.29 is 14.6 Å². The summed E-state index contributed by atoms with van der Waals surface area (Å²) in [7, 11) is 1.79. The largest absolute Gasteiger partial charge is 0.396 e. The van der Waals surface area contributed by atoms with E-state index in [9.17, 15) is 9.90 Å². The number of amides is 1. The van der Waals surface area contributed by atoms with Crippen molar-refractivity contribution in [3.8, 4) is 0 Å². The summed E-state index contributed by atoms with van der Waals surface area (Å²) in [6, 6.07) is -0.280. The molecular formula is C14H23N3O3. The summed E-state index contributed by atoms with van der Waals surface area (Å²) in [5, 5.41) is 9.69. The van der Waals surface area contributed by atoms with Crippen LogP contribution in [0.1, 0.15) is 25.8 Å². The van der Waals surface area contributed by atoms with Crippen molar-refractivity contribution in [3.05, 3.63) is 18.7 Å². The van der Waals surface area contributed by atoms with Crippen LogP contribution in [-0.2, 0) is 9.53 Å². The van der Waals surface area contributed by atoms with Crippen molar-refractivity contribution >= 4 is 5.91 Å². The molecule has 112 valence electrons. The highest BCUT2D eigenvalue weighted by Crippen LogP contribution is 2.31. The molecule has 0 saturated carbocycles. The van der Waals surface area contributed by atoms with Crippen LogP contribution in [0, 0.1) is 5.41 Å². The van der Waals surface area contributed by atoms with Gasteiger partial charge in [-0.15, -0.1) is 0 Å². The Hall–Kier alpha value is -1.40. The Morgan fingerprint density at radius 3 is 2.80 bits per heavy atom. The van der Waals surface area contributed by atoms with E-state index < -0.39 is 0 Å². The molecule has 1 aromatic heterocycles. The molecule has 1 unspecified atom stereocenters. The van der Waals surface area contributed by atoms with E-state index in [1.165, 1.54) is 0 Å². The monoisotopic (exact) mass is 281 g/mol. The topological polar surface area (TPSA) is 67.6 Å². The zero-order valence-electron chi connectivity index (χ0n) is 12.2. The molecule has 1 N–H and O–H groups in total. The van der Waals surface area contributed by atoms with Crippen molar-refractivity contribution in [2.45, 2.75) is 25.8 Å². The third kappa shape index (κ3) is 3.19. The van der Waals surface area contributed by atoms with Crippen LogP contribution in [0.25, 0.3) is 0 Å². The van der Waals surface area contributed by atoms with Gasteiger partial charge in [0.1, 0.15) is 6.04 Å². The second-order valence-electron chi connectivity index (χ2n) is 5.65. The third-order valence-electron chi connectivity index (χ3n) is 4.17. The number of nitrogens with zero attached hydrogens (tertiary/aromatic N) is 3. The van der Waals surface area contributed by atoms with Crippen molar-refractivity contribution in [2.75, 3.05) is 33.4 Å². The highest BCUT2D eigenvalue weighted by molar-refractivity contribution is 5.79. The van der Waals surface area contributed by atoms with Gasteiger partial charge in [0.05, 0.1) is 12.9 Å². The van der Waals surface area contributed by atoms with E-state index in [-0.39, 0.29) is 24.0 Å². The molecule has 1 atom stereocenters. The van der Waals surface area contributed by atoms with Gasteiger partial charge in [0.15, 0.2) is 0 Å². The van der Waals surface area contributed by atoms with Gasteiger partial charge in [-0.2, -0.15) is 0 Å². The summed E-state index contributed by atoms with van der Waals surface area (Å²) in [4.78, 5) is 18.1. The normalized spacial score (nSPS) is 19.6. The highest BCUT2D eigenvalue weighted by Gasteiger charge is 2.35. The van der Waals surface area contributed by atoms with Gasteiger partial charge < -0.3 is 19.3 Å². The Labute approximate surface area is 119 Å². The van der Waals surface area contributed by atoms with Crippen molar-refractivity contribution in [2.24, 2.45) is 5.41 Å². The van der Waals surface area contributed by atoms with Gasteiger partial charge in [-0.1, -0.05) is 0 Å². The van der Waals surface area contributed by atoms with Gasteiger partial charge in [0.2, 0.25) is 5.91 Å². The van der Waals surface area contributed by atoms with Gasteiger partial charge >= 0.3 is 0 Å². The van der Waals surface area contributed by atoms with Gasteiger partial charge in [0.25, 0.3) is 0 Å². The van der Waals surface area contributed by atoms with Crippen LogP contribution in [0.15, 0.2) is 18.7 Å². The molecule has 20 heavy (non-hydrogen) atoms.